The molecule has 0 aliphatic heterocycles. The van der Waals surface area contributed by atoms with E-state index in [1.807, 2.05) is 25.1 Å². The molecular weight excluding hydrogens is 219 g/mol. The molecule has 3 heteroatoms. The van der Waals surface area contributed by atoms with E-state index in [-0.39, 0.29) is 6.61 Å². The molecule has 1 nitrogen and oxygen atoms in total. The molecular formula is C11H14Cl2O. The van der Waals surface area contributed by atoms with Crippen LogP contribution in [-0.2, 0) is 6.42 Å². The zero-order chi connectivity index (χ0) is 10.6. The van der Waals surface area contributed by atoms with Crippen LogP contribution in [0.1, 0.15) is 18.9 Å². The predicted octanol–water partition coefficient (Wildman–Crippen LogP) is 3.55. The van der Waals surface area contributed by atoms with Crippen molar-refractivity contribution in [3.63, 3.8) is 0 Å². The first-order chi connectivity index (χ1) is 6.65. The van der Waals surface area contributed by atoms with Gasteiger partial charge in [-0.1, -0.05) is 36.2 Å². The molecule has 78 valence electrons. The molecule has 1 N–H and O–H groups in total. The van der Waals surface area contributed by atoms with Crippen LogP contribution in [-0.4, -0.2) is 11.7 Å². The van der Waals surface area contributed by atoms with Gasteiger partial charge in [0.05, 0.1) is 0 Å². The van der Waals surface area contributed by atoms with E-state index < -0.39 is 0 Å². The van der Waals surface area contributed by atoms with Crippen molar-refractivity contribution in [2.24, 2.45) is 5.92 Å². The number of hydrogen-bond donors (Lipinski definition) is 1. The van der Waals surface area contributed by atoms with Crippen molar-refractivity contribution in [3.8, 4) is 0 Å². The molecule has 0 fully saturated rings. The van der Waals surface area contributed by atoms with E-state index in [4.69, 9.17) is 28.3 Å². The smallest absolute Gasteiger partial charge is 0.0456 e. The molecule has 1 aromatic carbocycles. The molecule has 1 aromatic rings. The van der Waals surface area contributed by atoms with Gasteiger partial charge in [-0.15, -0.1) is 0 Å². The summed E-state index contributed by atoms with van der Waals surface area (Å²) in [5.41, 5.74) is 0.983. The largest absolute Gasteiger partial charge is 0.396 e. The Balaban J connectivity index is 2.66. The Hall–Kier alpha value is -0.240. The average Bonchev–Trinajstić information content (AvgIpc) is 2.16. The lowest BCUT2D eigenvalue weighted by Crippen LogP contribution is -2.02. The van der Waals surface area contributed by atoms with E-state index in [0.717, 1.165) is 18.4 Å². The Kier molecular flexibility index (Phi) is 4.73. The highest BCUT2D eigenvalue weighted by Crippen LogP contribution is 2.26. The van der Waals surface area contributed by atoms with Gasteiger partial charge in [0.25, 0.3) is 0 Å². The van der Waals surface area contributed by atoms with E-state index >= 15 is 0 Å². The Bertz CT molecular complexity index is 279. The van der Waals surface area contributed by atoms with Gasteiger partial charge in [0, 0.05) is 16.7 Å². The van der Waals surface area contributed by atoms with Crippen LogP contribution in [0.2, 0.25) is 10.0 Å². The first-order valence-electron chi connectivity index (χ1n) is 4.69. The van der Waals surface area contributed by atoms with Crippen molar-refractivity contribution in [2.45, 2.75) is 19.8 Å². The van der Waals surface area contributed by atoms with Crippen LogP contribution in [0.15, 0.2) is 18.2 Å². The summed E-state index contributed by atoms with van der Waals surface area (Å²) in [5, 5.41) is 10.3. The molecule has 0 aliphatic carbocycles. The quantitative estimate of drug-likeness (QED) is 0.843. The summed E-state index contributed by atoms with van der Waals surface area (Å²) in [6.45, 7) is 2.22. The lowest BCUT2D eigenvalue weighted by molar-refractivity contribution is 0.230. The molecule has 0 aromatic heterocycles. The van der Waals surface area contributed by atoms with E-state index in [1.165, 1.54) is 0 Å². The number of rotatable bonds is 4. The third-order valence-electron chi connectivity index (χ3n) is 2.26. The Labute approximate surface area is 94.7 Å². The van der Waals surface area contributed by atoms with Gasteiger partial charge in [0.1, 0.15) is 0 Å². The highest BCUT2D eigenvalue weighted by molar-refractivity contribution is 6.35. The summed E-state index contributed by atoms with van der Waals surface area (Å²) in [4.78, 5) is 0. The zero-order valence-electron chi connectivity index (χ0n) is 8.13. The summed E-state index contributed by atoms with van der Waals surface area (Å²) in [6, 6.07) is 5.52. The number of halogens is 2. The minimum atomic E-state index is 0.210. The molecule has 1 unspecified atom stereocenters. The SMILES string of the molecule is CC(CO)CCc1c(Cl)cccc1Cl. The number of aliphatic hydroxyl groups is 1. The third-order valence-corrected chi connectivity index (χ3v) is 2.97. The van der Waals surface area contributed by atoms with Crippen LogP contribution in [0.25, 0.3) is 0 Å². The summed E-state index contributed by atoms with van der Waals surface area (Å²) >= 11 is 12.0. The van der Waals surface area contributed by atoms with Crippen LogP contribution in [0.4, 0.5) is 0 Å². The average molecular weight is 233 g/mol. The maximum atomic E-state index is 8.89. The Morgan fingerprint density at radius 1 is 1.29 bits per heavy atom. The Morgan fingerprint density at radius 3 is 2.36 bits per heavy atom. The summed E-state index contributed by atoms with van der Waals surface area (Å²) in [7, 11) is 0. The fraction of sp³-hybridized carbons (Fsp3) is 0.455. The van der Waals surface area contributed by atoms with Crippen molar-refractivity contribution in [3.05, 3.63) is 33.8 Å². The van der Waals surface area contributed by atoms with Crippen molar-refractivity contribution >= 4 is 23.2 Å². The van der Waals surface area contributed by atoms with Crippen LogP contribution in [0.5, 0.6) is 0 Å². The van der Waals surface area contributed by atoms with Gasteiger partial charge < -0.3 is 5.11 Å². The normalized spacial score (nSPS) is 12.9. The Morgan fingerprint density at radius 2 is 1.86 bits per heavy atom. The van der Waals surface area contributed by atoms with Gasteiger partial charge in [-0.05, 0) is 36.5 Å². The number of hydrogen-bond acceptors (Lipinski definition) is 1. The number of benzene rings is 1. The molecule has 1 atom stereocenters. The predicted molar refractivity (Wildman–Crippen MR) is 61.0 cm³/mol. The molecule has 14 heavy (non-hydrogen) atoms. The highest BCUT2D eigenvalue weighted by Gasteiger charge is 2.07. The zero-order valence-corrected chi connectivity index (χ0v) is 9.65. The van der Waals surface area contributed by atoms with Crippen molar-refractivity contribution in [1.82, 2.24) is 0 Å². The van der Waals surface area contributed by atoms with Crippen LogP contribution < -0.4 is 0 Å². The standard InChI is InChI=1S/C11H14Cl2O/c1-8(7-14)5-6-9-10(12)3-2-4-11(9)13/h2-4,8,14H,5-7H2,1H3. The first kappa shape index (κ1) is 11.8. The minimum Gasteiger partial charge on any atom is -0.396 e. The van der Waals surface area contributed by atoms with Crippen LogP contribution >= 0.6 is 23.2 Å². The molecule has 0 amide bonds. The fourth-order valence-electron chi connectivity index (χ4n) is 1.25. The second-order valence-corrected chi connectivity index (χ2v) is 4.34. The highest BCUT2D eigenvalue weighted by atomic mass is 35.5. The molecule has 0 saturated heterocycles. The lowest BCUT2D eigenvalue weighted by Gasteiger charge is -2.09. The van der Waals surface area contributed by atoms with Gasteiger partial charge in [-0.2, -0.15) is 0 Å². The summed E-state index contributed by atoms with van der Waals surface area (Å²) in [5.74, 6) is 0.294. The van der Waals surface area contributed by atoms with E-state index in [2.05, 4.69) is 0 Å². The lowest BCUT2D eigenvalue weighted by atomic mass is 10.0. The van der Waals surface area contributed by atoms with Crippen molar-refractivity contribution < 1.29 is 5.11 Å². The van der Waals surface area contributed by atoms with Gasteiger partial charge in [0.15, 0.2) is 0 Å². The molecule has 0 aliphatic rings. The molecule has 0 saturated carbocycles. The molecule has 0 radical (unpaired) electrons. The summed E-state index contributed by atoms with van der Waals surface area (Å²) in [6.07, 6.45) is 1.72. The van der Waals surface area contributed by atoms with E-state index in [1.54, 1.807) is 0 Å². The van der Waals surface area contributed by atoms with Gasteiger partial charge >= 0.3 is 0 Å². The molecule has 0 spiro atoms. The van der Waals surface area contributed by atoms with Crippen molar-refractivity contribution in [1.29, 1.82) is 0 Å². The topological polar surface area (TPSA) is 20.2 Å². The van der Waals surface area contributed by atoms with E-state index in [9.17, 15) is 0 Å². The maximum absolute atomic E-state index is 8.89. The van der Waals surface area contributed by atoms with Crippen LogP contribution in [0, 0.1) is 5.92 Å². The number of aliphatic hydroxyl groups excluding tert-OH is 1. The maximum Gasteiger partial charge on any atom is 0.0456 e. The minimum absolute atomic E-state index is 0.210. The molecule has 0 heterocycles. The summed E-state index contributed by atoms with van der Waals surface area (Å²) < 4.78 is 0. The second kappa shape index (κ2) is 5.59. The fourth-order valence-corrected chi connectivity index (χ4v) is 1.84. The van der Waals surface area contributed by atoms with Gasteiger partial charge in [0.2, 0.25) is 0 Å². The second-order valence-electron chi connectivity index (χ2n) is 3.53. The molecule has 0 bridgehead atoms. The van der Waals surface area contributed by atoms with Crippen LogP contribution in [0.3, 0.4) is 0 Å². The molecule has 1 rings (SSSR count). The van der Waals surface area contributed by atoms with Gasteiger partial charge in [-0.3, -0.25) is 0 Å². The van der Waals surface area contributed by atoms with Gasteiger partial charge in [-0.25, -0.2) is 0 Å². The monoisotopic (exact) mass is 232 g/mol. The third kappa shape index (κ3) is 3.16. The van der Waals surface area contributed by atoms with Crippen molar-refractivity contribution in [2.75, 3.05) is 6.61 Å². The first-order valence-corrected chi connectivity index (χ1v) is 5.44. The van der Waals surface area contributed by atoms with E-state index in [0.29, 0.717) is 16.0 Å².